The zero-order valence-corrected chi connectivity index (χ0v) is 8.46. The highest BCUT2D eigenvalue weighted by Gasteiger charge is 2.27. The van der Waals surface area contributed by atoms with Crippen LogP contribution < -0.4 is 11.1 Å². The predicted octanol–water partition coefficient (Wildman–Crippen LogP) is 0.643. The average Bonchev–Trinajstić information content (AvgIpc) is 2.18. The topological polar surface area (TPSA) is 55.1 Å². The first-order valence-corrected chi connectivity index (χ1v) is 5.22. The Morgan fingerprint density at radius 1 is 1.50 bits per heavy atom. The highest BCUT2D eigenvalue weighted by atomic mass is 16.1. The summed E-state index contributed by atoms with van der Waals surface area (Å²) in [5.74, 6) is 2.57. The van der Waals surface area contributed by atoms with Crippen LogP contribution in [0.2, 0.25) is 0 Å². The number of nitrogens with one attached hydrogen (secondary N) is 1. The van der Waals surface area contributed by atoms with Gasteiger partial charge in [-0.05, 0) is 12.8 Å². The van der Waals surface area contributed by atoms with Gasteiger partial charge in [-0.2, -0.15) is 0 Å². The van der Waals surface area contributed by atoms with Gasteiger partial charge in [-0.15, -0.1) is 12.3 Å². The molecule has 0 radical (unpaired) electrons. The Hall–Kier alpha value is -1.01. The minimum absolute atomic E-state index is 0.00141. The van der Waals surface area contributed by atoms with Crippen molar-refractivity contribution in [3.05, 3.63) is 0 Å². The molecule has 3 N–H and O–H groups in total. The van der Waals surface area contributed by atoms with E-state index in [2.05, 4.69) is 11.2 Å². The number of rotatable bonds is 3. The summed E-state index contributed by atoms with van der Waals surface area (Å²) in [5.41, 5.74) is 5.88. The fourth-order valence-corrected chi connectivity index (χ4v) is 1.87. The van der Waals surface area contributed by atoms with Gasteiger partial charge in [0.2, 0.25) is 5.91 Å². The second-order valence-corrected chi connectivity index (χ2v) is 3.80. The molecule has 14 heavy (non-hydrogen) atoms. The first kappa shape index (κ1) is 11.1. The summed E-state index contributed by atoms with van der Waals surface area (Å²) in [6.07, 6.45) is 9.83. The Kier molecular flexibility index (Phi) is 4.48. The lowest BCUT2D eigenvalue weighted by atomic mass is 9.84. The molecule has 78 valence electrons. The highest BCUT2D eigenvalue weighted by Crippen LogP contribution is 2.22. The maximum atomic E-state index is 11.6. The fraction of sp³-hybridized carbons (Fsp3) is 0.727. The molecule has 1 aliphatic rings. The summed E-state index contributed by atoms with van der Waals surface area (Å²) in [5, 5.41) is 2.82. The zero-order chi connectivity index (χ0) is 10.4. The molecule has 0 heterocycles. The SMILES string of the molecule is C#CCCNC(=O)C1CCCCC1N. The number of amides is 1. The second kappa shape index (κ2) is 5.66. The molecule has 1 saturated carbocycles. The van der Waals surface area contributed by atoms with Gasteiger partial charge >= 0.3 is 0 Å². The van der Waals surface area contributed by atoms with Gasteiger partial charge in [0.15, 0.2) is 0 Å². The Balaban J connectivity index is 2.31. The normalized spacial score (nSPS) is 26.6. The van der Waals surface area contributed by atoms with E-state index < -0.39 is 0 Å². The highest BCUT2D eigenvalue weighted by molar-refractivity contribution is 5.79. The van der Waals surface area contributed by atoms with E-state index >= 15 is 0 Å². The van der Waals surface area contributed by atoms with Crippen LogP contribution in [0.3, 0.4) is 0 Å². The third-order valence-electron chi connectivity index (χ3n) is 2.72. The molecule has 0 aliphatic heterocycles. The molecule has 3 heteroatoms. The van der Waals surface area contributed by atoms with Gasteiger partial charge < -0.3 is 11.1 Å². The van der Waals surface area contributed by atoms with Crippen molar-refractivity contribution in [2.75, 3.05) is 6.54 Å². The van der Waals surface area contributed by atoms with Crippen LogP contribution in [0, 0.1) is 18.3 Å². The van der Waals surface area contributed by atoms with Gasteiger partial charge in [0.05, 0.1) is 5.92 Å². The molecule has 1 aliphatic carbocycles. The minimum atomic E-state index is 0.00141. The summed E-state index contributed by atoms with van der Waals surface area (Å²) in [4.78, 5) is 11.6. The van der Waals surface area contributed by atoms with Gasteiger partial charge in [-0.1, -0.05) is 12.8 Å². The Labute approximate surface area is 85.4 Å². The minimum Gasteiger partial charge on any atom is -0.355 e. The van der Waals surface area contributed by atoms with E-state index in [9.17, 15) is 4.79 Å². The van der Waals surface area contributed by atoms with Crippen LogP contribution >= 0.6 is 0 Å². The van der Waals surface area contributed by atoms with Crippen LogP contribution in [-0.2, 0) is 4.79 Å². The molecule has 3 nitrogen and oxygen atoms in total. The first-order chi connectivity index (χ1) is 6.75. The standard InChI is InChI=1S/C11H18N2O/c1-2-3-8-13-11(14)9-6-4-5-7-10(9)12/h1,9-10H,3-8,12H2,(H,13,14). The van der Waals surface area contributed by atoms with Crippen molar-refractivity contribution in [1.29, 1.82) is 0 Å². The van der Waals surface area contributed by atoms with Gasteiger partial charge in [0.1, 0.15) is 0 Å². The fourth-order valence-electron chi connectivity index (χ4n) is 1.87. The number of carbonyl (C=O) groups is 1. The molecule has 0 aromatic carbocycles. The molecule has 1 fully saturated rings. The van der Waals surface area contributed by atoms with Gasteiger partial charge in [0, 0.05) is 19.0 Å². The van der Waals surface area contributed by atoms with Crippen molar-refractivity contribution in [3.63, 3.8) is 0 Å². The van der Waals surface area contributed by atoms with Crippen LogP contribution in [0.1, 0.15) is 32.1 Å². The first-order valence-electron chi connectivity index (χ1n) is 5.22. The smallest absolute Gasteiger partial charge is 0.224 e. The van der Waals surface area contributed by atoms with Crippen LogP contribution in [0.25, 0.3) is 0 Å². The van der Waals surface area contributed by atoms with Gasteiger partial charge in [0.25, 0.3) is 0 Å². The maximum absolute atomic E-state index is 11.6. The quantitative estimate of drug-likeness (QED) is 0.512. The van der Waals surface area contributed by atoms with E-state index in [1.54, 1.807) is 0 Å². The van der Waals surface area contributed by atoms with E-state index in [0.29, 0.717) is 13.0 Å². The lowest BCUT2D eigenvalue weighted by molar-refractivity contribution is -0.126. The molecule has 0 aromatic rings. The molecule has 0 aromatic heterocycles. The maximum Gasteiger partial charge on any atom is 0.224 e. The summed E-state index contributed by atoms with van der Waals surface area (Å²) in [6.45, 7) is 0.568. The Morgan fingerprint density at radius 3 is 2.86 bits per heavy atom. The van der Waals surface area contributed by atoms with Crippen LogP contribution in [-0.4, -0.2) is 18.5 Å². The van der Waals surface area contributed by atoms with E-state index in [0.717, 1.165) is 25.7 Å². The van der Waals surface area contributed by atoms with Crippen LogP contribution in [0.15, 0.2) is 0 Å². The molecular weight excluding hydrogens is 176 g/mol. The van der Waals surface area contributed by atoms with Crippen LogP contribution in [0.4, 0.5) is 0 Å². The Morgan fingerprint density at radius 2 is 2.21 bits per heavy atom. The molecule has 2 unspecified atom stereocenters. The van der Waals surface area contributed by atoms with Crippen molar-refractivity contribution >= 4 is 5.91 Å². The molecular formula is C11H18N2O. The van der Waals surface area contributed by atoms with Crippen molar-refractivity contribution in [3.8, 4) is 12.3 Å². The summed E-state index contributed by atoms with van der Waals surface area (Å²) in [6, 6.07) is 0.0367. The van der Waals surface area contributed by atoms with Crippen molar-refractivity contribution in [2.24, 2.45) is 11.7 Å². The van der Waals surface area contributed by atoms with Crippen molar-refractivity contribution < 1.29 is 4.79 Å². The second-order valence-electron chi connectivity index (χ2n) is 3.80. The number of nitrogens with two attached hydrogens (primary N) is 1. The van der Waals surface area contributed by atoms with Gasteiger partial charge in [-0.25, -0.2) is 0 Å². The monoisotopic (exact) mass is 194 g/mol. The third-order valence-corrected chi connectivity index (χ3v) is 2.72. The van der Waals surface area contributed by atoms with E-state index in [1.807, 2.05) is 0 Å². The van der Waals surface area contributed by atoms with E-state index in [1.165, 1.54) is 0 Å². The average molecular weight is 194 g/mol. The molecule has 1 rings (SSSR count). The number of terminal acetylenes is 1. The largest absolute Gasteiger partial charge is 0.355 e. The summed E-state index contributed by atoms with van der Waals surface area (Å²) >= 11 is 0. The molecule has 0 spiro atoms. The molecule has 0 saturated heterocycles. The Bertz CT molecular complexity index is 232. The third kappa shape index (κ3) is 3.04. The lowest BCUT2D eigenvalue weighted by Crippen LogP contribution is -2.43. The zero-order valence-electron chi connectivity index (χ0n) is 8.46. The van der Waals surface area contributed by atoms with Crippen LogP contribution in [0.5, 0.6) is 0 Å². The van der Waals surface area contributed by atoms with Crippen molar-refractivity contribution in [2.45, 2.75) is 38.1 Å². The summed E-state index contributed by atoms with van der Waals surface area (Å²) < 4.78 is 0. The molecule has 0 bridgehead atoms. The predicted molar refractivity (Wildman–Crippen MR) is 56.4 cm³/mol. The summed E-state index contributed by atoms with van der Waals surface area (Å²) in [7, 11) is 0. The molecule has 2 atom stereocenters. The van der Waals surface area contributed by atoms with Crippen molar-refractivity contribution in [1.82, 2.24) is 5.32 Å². The number of carbonyl (C=O) groups excluding carboxylic acids is 1. The van der Waals surface area contributed by atoms with E-state index in [4.69, 9.17) is 12.2 Å². The molecule has 1 amide bonds. The lowest BCUT2D eigenvalue weighted by Gasteiger charge is -2.27. The van der Waals surface area contributed by atoms with E-state index in [-0.39, 0.29) is 17.9 Å². The number of hydrogen-bond donors (Lipinski definition) is 2. The number of hydrogen-bond acceptors (Lipinski definition) is 2. The van der Waals surface area contributed by atoms with Gasteiger partial charge in [-0.3, -0.25) is 4.79 Å².